The standard InChI is InChI=1S/C16H25N3O2/c1-16(2,3)14-6-11(17-18-14)7-19-8-12(10-4-5-10)13(9-19)15(20)21/h6,10,12-13H,4-5,7-9H2,1-3H3,(H,17,18)(H,20,21)/t12-,13+/m1/s1. The molecule has 1 aromatic heterocycles. The molecule has 0 spiro atoms. The van der Waals surface area contributed by atoms with Gasteiger partial charge in [-0.15, -0.1) is 0 Å². The Morgan fingerprint density at radius 1 is 1.43 bits per heavy atom. The quantitative estimate of drug-likeness (QED) is 0.892. The molecule has 2 heterocycles. The summed E-state index contributed by atoms with van der Waals surface area (Å²) in [6.07, 6.45) is 2.42. The van der Waals surface area contributed by atoms with Crippen molar-refractivity contribution in [2.45, 2.75) is 45.6 Å². The van der Waals surface area contributed by atoms with Gasteiger partial charge in [-0.2, -0.15) is 5.10 Å². The van der Waals surface area contributed by atoms with Crippen LogP contribution in [0.2, 0.25) is 0 Å². The first kappa shape index (κ1) is 14.6. The highest BCUT2D eigenvalue weighted by atomic mass is 16.4. The lowest BCUT2D eigenvalue weighted by atomic mass is 9.92. The van der Waals surface area contributed by atoms with Gasteiger partial charge in [-0.05, 0) is 30.7 Å². The molecule has 3 rings (SSSR count). The van der Waals surface area contributed by atoms with Gasteiger partial charge in [-0.1, -0.05) is 20.8 Å². The number of hydrogen-bond acceptors (Lipinski definition) is 3. The van der Waals surface area contributed by atoms with E-state index >= 15 is 0 Å². The number of aromatic amines is 1. The van der Waals surface area contributed by atoms with Gasteiger partial charge >= 0.3 is 5.97 Å². The van der Waals surface area contributed by atoms with E-state index in [9.17, 15) is 9.90 Å². The van der Waals surface area contributed by atoms with Crippen molar-refractivity contribution < 1.29 is 9.90 Å². The molecule has 2 fully saturated rings. The van der Waals surface area contributed by atoms with E-state index in [1.807, 2.05) is 0 Å². The minimum Gasteiger partial charge on any atom is -0.481 e. The summed E-state index contributed by atoms with van der Waals surface area (Å²) in [7, 11) is 0. The molecule has 2 N–H and O–H groups in total. The molecular formula is C16H25N3O2. The molecule has 2 atom stereocenters. The Balaban J connectivity index is 1.65. The first-order chi connectivity index (χ1) is 9.84. The molecule has 5 nitrogen and oxygen atoms in total. The van der Waals surface area contributed by atoms with E-state index < -0.39 is 5.97 Å². The van der Waals surface area contributed by atoms with Crippen LogP contribution in [0.15, 0.2) is 6.07 Å². The molecule has 1 aliphatic heterocycles. The van der Waals surface area contributed by atoms with Crippen LogP contribution in [0.25, 0.3) is 0 Å². The van der Waals surface area contributed by atoms with E-state index in [1.54, 1.807) is 0 Å². The summed E-state index contributed by atoms with van der Waals surface area (Å²) in [6.45, 7) is 8.78. The third-order valence-corrected chi connectivity index (χ3v) is 4.78. The van der Waals surface area contributed by atoms with E-state index in [2.05, 4.69) is 41.9 Å². The predicted molar refractivity (Wildman–Crippen MR) is 79.9 cm³/mol. The molecular weight excluding hydrogens is 266 g/mol. The number of aliphatic carboxylic acids is 1. The fraction of sp³-hybridized carbons (Fsp3) is 0.750. The zero-order chi connectivity index (χ0) is 15.2. The van der Waals surface area contributed by atoms with Gasteiger partial charge in [0.2, 0.25) is 0 Å². The van der Waals surface area contributed by atoms with Crippen molar-refractivity contribution in [2.24, 2.45) is 17.8 Å². The first-order valence-electron chi connectivity index (χ1n) is 7.84. The third kappa shape index (κ3) is 3.12. The van der Waals surface area contributed by atoms with Crippen molar-refractivity contribution in [2.75, 3.05) is 13.1 Å². The predicted octanol–water partition coefficient (Wildman–Crippen LogP) is 2.25. The van der Waals surface area contributed by atoms with Crippen LogP contribution >= 0.6 is 0 Å². The molecule has 116 valence electrons. The Hall–Kier alpha value is -1.36. The van der Waals surface area contributed by atoms with E-state index in [0.717, 1.165) is 24.5 Å². The van der Waals surface area contributed by atoms with Crippen LogP contribution in [0, 0.1) is 17.8 Å². The number of nitrogens with one attached hydrogen (secondary N) is 1. The molecule has 0 radical (unpaired) electrons. The molecule has 2 aliphatic rings. The molecule has 1 saturated heterocycles. The second-order valence-corrected chi connectivity index (χ2v) is 7.67. The molecule has 0 amide bonds. The number of carboxylic acid groups (broad SMARTS) is 1. The zero-order valence-corrected chi connectivity index (χ0v) is 13.1. The monoisotopic (exact) mass is 291 g/mol. The normalized spacial score (nSPS) is 27.2. The molecule has 1 aliphatic carbocycles. The summed E-state index contributed by atoms with van der Waals surface area (Å²) < 4.78 is 0. The van der Waals surface area contributed by atoms with E-state index in [-0.39, 0.29) is 11.3 Å². The minimum atomic E-state index is -0.630. The molecule has 1 saturated carbocycles. The van der Waals surface area contributed by atoms with Gasteiger partial charge in [-0.25, -0.2) is 0 Å². The number of nitrogens with zero attached hydrogens (tertiary/aromatic N) is 2. The summed E-state index contributed by atoms with van der Waals surface area (Å²) >= 11 is 0. The molecule has 0 bridgehead atoms. The van der Waals surface area contributed by atoms with Gasteiger partial charge in [0.15, 0.2) is 0 Å². The van der Waals surface area contributed by atoms with Crippen molar-refractivity contribution in [1.29, 1.82) is 0 Å². The largest absolute Gasteiger partial charge is 0.481 e. The highest BCUT2D eigenvalue weighted by molar-refractivity contribution is 5.71. The number of H-pyrrole nitrogens is 1. The van der Waals surface area contributed by atoms with Gasteiger partial charge < -0.3 is 5.11 Å². The van der Waals surface area contributed by atoms with Crippen LogP contribution in [0.4, 0.5) is 0 Å². The maximum absolute atomic E-state index is 11.4. The number of likely N-dealkylation sites (tertiary alicyclic amines) is 1. The van der Waals surface area contributed by atoms with Crippen LogP contribution < -0.4 is 0 Å². The molecule has 0 unspecified atom stereocenters. The second kappa shape index (κ2) is 5.13. The number of aromatic nitrogens is 2. The first-order valence-corrected chi connectivity index (χ1v) is 7.84. The van der Waals surface area contributed by atoms with Crippen molar-refractivity contribution in [1.82, 2.24) is 15.1 Å². The summed E-state index contributed by atoms with van der Waals surface area (Å²) in [5.41, 5.74) is 2.19. The maximum Gasteiger partial charge on any atom is 0.308 e. The van der Waals surface area contributed by atoms with Gasteiger partial charge in [0.1, 0.15) is 0 Å². The van der Waals surface area contributed by atoms with Crippen LogP contribution in [-0.4, -0.2) is 39.3 Å². The summed E-state index contributed by atoms with van der Waals surface area (Å²) in [5.74, 6) is 0.160. The number of hydrogen-bond donors (Lipinski definition) is 2. The van der Waals surface area contributed by atoms with E-state index in [4.69, 9.17) is 0 Å². The van der Waals surface area contributed by atoms with Crippen molar-refractivity contribution in [3.63, 3.8) is 0 Å². The fourth-order valence-corrected chi connectivity index (χ4v) is 3.37. The molecule has 0 aromatic carbocycles. The Morgan fingerprint density at radius 2 is 2.14 bits per heavy atom. The van der Waals surface area contributed by atoms with Crippen molar-refractivity contribution in [3.8, 4) is 0 Å². The Bertz CT molecular complexity index is 528. The SMILES string of the molecule is CC(C)(C)c1cc(CN2C[C@H](C(=O)O)[C@@H](C3CC3)C2)[nH]n1. The lowest BCUT2D eigenvalue weighted by molar-refractivity contribution is -0.142. The average Bonchev–Trinajstić information content (AvgIpc) is 2.96. The van der Waals surface area contributed by atoms with Gasteiger partial charge in [0, 0.05) is 30.7 Å². The highest BCUT2D eigenvalue weighted by Crippen LogP contribution is 2.44. The average molecular weight is 291 g/mol. The Morgan fingerprint density at radius 3 is 2.67 bits per heavy atom. The Labute approximate surface area is 125 Å². The van der Waals surface area contributed by atoms with E-state index in [0.29, 0.717) is 18.4 Å². The van der Waals surface area contributed by atoms with Crippen molar-refractivity contribution >= 4 is 5.97 Å². The lowest BCUT2D eigenvalue weighted by Gasteiger charge is -2.15. The lowest BCUT2D eigenvalue weighted by Crippen LogP contribution is -2.24. The minimum absolute atomic E-state index is 0.0416. The van der Waals surface area contributed by atoms with Crippen LogP contribution in [-0.2, 0) is 16.8 Å². The van der Waals surface area contributed by atoms with Crippen LogP contribution in [0.3, 0.4) is 0 Å². The second-order valence-electron chi connectivity index (χ2n) is 7.67. The van der Waals surface area contributed by atoms with Crippen LogP contribution in [0.5, 0.6) is 0 Å². The number of carbonyl (C=O) groups is 1. The maximum atomic E-state index is 11.4. The number of carboxylic acids is 1. The molecule has 1 aromatic rings. The summed E-state index contributed by atoms with van der Waals surface area (Å²) in [5, 5.41) is 16.9. The zero-order valence-electron chi connectivity index (χ0n) is 13.1. The van der Waals surface area contributed by atoms with Gasteiger partial charge in [-0.3, -0.25) is 14.8 Å². The summed E-state index contributed by atoms with van der Waals surface area (Å²) in [6, 6.07) is 2.11. The molecule has 5 heteroatoms. The smallest absolute Gasteiger partial charge is 0.308 e. The summed E-state index contributed by atoms with van der Waals surface area (Å²) in [4.78, 5) is 13.7. The van der Waals surface area contributed by atoms with Gasteiger partial charge in [0.05, 0.1) is 11.6 Å². The fourth-order valence-electron chi connectivity index (χ4n) is 3.37. The highest BCUT2D eigenvalue weighted by Gasteiger charge is 2.45. The van der Waals surface area contributed by atoms with Gasteiger partial charge in [0.25, 0.3) is 0 Å². The number of rotatable bonds is 4. The van der Waals surface area contributed by atoms with Crippen LogP contribution in [0.1, 0.15) is 45.0 Å². The Kier molecular flexibility index (Phi) is 3.56. The van der Waals surface area contributed by atoms with Crippen molar-refractivity contribution in [3.05, 3.63) is 17.5 Å². The topological polar surface area (TPSA) is 69.2 Å². The molecule has 21 heavy (non-hydrogen) atoms. The third-order valence-electron chi connectivity index (χ3n) is 4.78. The van der Waals surface area contributed by atoms with E-state index in [1.165, 1.54) is 12.8 Å².